The molecule has 0 atom stereocenters. The molecule has 3 heteroatoms. The Bertz CT molecular complexity index is 368. The Hall–Kier alpha value is -1.51. The number of rotatable bonds is 7. The molecule has 1 aromatic rings. The number of anilines is 1. The van der Waals surface area contributed by atoms with Crippen LogP contribution in [0.2, 0.25) is 0 Å². The summed E-state index contributed by atoms with van der Waals surface area (Å²) in [4.78, 5) is 10.9. The summed E-state index contributed by atoms with van der Waals surface area (Å²) in [5.74, 6) is -0.113. The first-order valence-electron chi connectivity index (χ1n) is 6.52. The molecule has 1 aromatic carbocycles. The topological polar surface area (TPSA) is 38.3 Å². The van der Waals surface area contributed by atoms with E-state index in [1.807, 2.05) is 0 Å². The number of methoxy groups -OCH3 is 1. The molecule has 0 saturated carbocycles. The minimum absolute atomic E-state index is 0.113. The van der Waals surface area contributed by atoms with E-state index in [-0.39, 0.29) is 5.97 Å². The Balaban J connectivity index is 2.20. The molecule has 3 nitrogen and oxygen atoms in total. The van der Waals surface area contributed by atoms with Crippen LogP contribution in [0, 0.1) is 13.8 Å². The molecule has 0 amide bonds. The van der Waals surface area contributed by atoms with Crippen LogP contribution in [0.3, 0.4) is 0 Å². The SMILES string of the molecule is COC(=O)CCCCCNc1c(C)cccc1C. The number of hydrogen-bond donors (Lipinski definition) is 1. The molecular formula is C15H23NO2. The van der Waals surface area contributed by atoms with E-state index in [4.69, 9.17) is 0 Å². The van der Waals surface area contributed by atoms with Gasteiger partial charge >= 0.3 is 5.97 Å². The van der Waals surface area contributed by atoms with Crippen LogP contribution in [-0.2, 0) is 9.53 Å². The molecule has 100 valence electrons. The molecule has 0 radical (unpaired) electrons. The Morgan fingerprint density at radius 1 is 1.17 bits per heavy atom. The third kappa shape index (κ3) is 4.78. The molecule has 0 aliphatic carbocycles. The maximum absolute atomic E-state index is 10.9. The highest BCUT2D eigenvalue weighted by Gasteiger charge is 2.01. The van der Waals surface area contributed by atoms with E-state index in [1.165, 1.54) is 23.9 Å². The van der Waals surface area contributed by atoms with Crippen LogP contribution in [0.5, 0.6) is 0 Å². The molecule has 0 unspecified atom stereocenters. The Morgan fingerprint density at radius 3 is 2.44 bits per heavy atom. The van der Waals surface area contributed by atoms with Crippen molar-refractivity contribution < 1.29 is 9.53 Å². The lowest BCUT2D eigenvalue weighted by atomic mass is 10.1. The van der Waals surface area contributed by atoms with Crippen LogP contribution >= 0.6 is 0 Å². The molecule has 18 heavy (non-hydrogen) atoms. The van der Waals surface area contributed by atoms with Gasteiger partial charge in [-0.2, -0.15) is 0 Å². The molecule has 1 N–H and O–H groups in total. The van der Waals surface area contributed by atoms with Crippen molar-refractivity contribution in [2.45, 2.75) is 39.5 Å². The molecule has 0 spiro atoms. The van der Waals surface area contributed by atoms with Gasteiger partial charge in [0.2, 0.25) is 0 Å². The second kappa shape index (κ2) is 7.75. The van der Waals surface area contributed by atoms with Crippen LogP contribution in [0.15, 0.2) is 18.2 Å². The number of carbonyl (C=O) groups excluding carboxylic acids is 1. The molecule has 0 aromatic heterocycles. The maximum atomic E-state index is 10.9. The number of unbranched alkanes of at least 4 members (excludes halogenated alkanes) is 2. The Labute approximate surface area is 110 Å². The molecule has 0 heterocycles. The first-order valence-corrected chi connectivity index (χ1v) is 6.52. The number of ether oxygens (including phenoxy) is 1. The number of aryl methyl sites for hydroxylation is 2. The lowest BCUT2D eigenvalue weighted by molar-refractivity contribution is -0.140. The summed E-state index contributed by atoms with van der Waals surface area (Å²) in [7, 11) is 1.44. The minimum atomic E-state index is -0.113. The van der Waals surface area contributed by atoms with Gasteiger partial charge in [-0.3, -0.25) is 4.79 Å². The van der Waals surface area contributed by atoms with Gasteiger partial charge in [-0.05, 0) is 37.8 Å². The zero-order valence-corrected chi connectivity index (χ0v) is 11.6. The molecule has 0 bridgehead atoms. The van der Waals surface area contributed by atoms with E-state index in [1.54, 1.807) is 0 Å². The van der Waals surface area contributed by atoms with E-state index >= 15 is 0 Å². The van der Waals surface area contributed by atoms with Gasteiger partial charge in [-0.1, -0.05) is 24.6 Å². The molecule has 0 saturated heterocycles. The second-order valence-corrected chi connectivity index (χ2v) is 4.58. The fourth-order valence-electron chi connectivity index (χ4n) is 1.98. The number of para-hydroxylation sites is 1. The van der Waals surface area contributed by atoms with E-state index in [0.29, 0.717) is 6.42 Å². The smallest absolute Gasteiger partial charge is 0.305 e. The summed E-state index contributed by atoms with van der Waals surface area (Å²) in [6.07, 6.45) is 3.55. The second-order valence-electron chi connectivity index (χ2n) is 4.58. The van der Waals surface area contributed by atoms with Crippen molar-refractivity contribution in [1.82, 2.24) is 0 Å². The summed E-state index contributed by atoms with van der Waals surface area (Å²) in [5, 5.41) is 3.47. The van der Waals surface area contributed by atoms with Crippen LogP contribution in [0.25, 0.3) is 0 Å². The predicted molar refractivity (Wildman–Crippen MR) is 74.9 cm³/mol. The van der Waals surface area contributed by atoms with Crippen LogP contribution < -0.4 is 5.32 Å². The molecule has 0 aliphatic heterocycles. The highest BCUT2D eigenvalue weighted by atomic mass is 16.5. The van der Waals surface area contributed by atoms with Gasteiger partial charge in [-0.25, -0.2) is 0 Å². The van der Waals surface area contributed by atoms with Gasteiger partial charge < -0.3 is 10.1 Å². The van der Waals surface area contributed by atoms with E-state index < -0.39 is 0 Å². The highest BCUT2D eigenvalue weighted by Crippen LogP contribution is 2.19. The number of esters is 1. The van der Waals surface area contributed by atoms with Crippen molar-refractivity contribution >= 4 is 11.7 Å². The lowest BCUT2D eigenvalue weighted by Crippen LogP contribution is -2.05. The molecular weight excluding hydrogens is 226 g/mol. The van der Waals surface area contributed by atoms with Crippen LogP contribution in [0.4, 0.5) is 5.69 Å². The zero-order valence-electron chi connectivity index (χ0n) is 11.6. The monoisotopic (exact) mass is 249 g/mol. The van der Waals surface area contributed by atoms with Gasteiger partial charge in [0, 0.05) is 18.7 Å². The first-order chi connectivity index (χ1) is 8.65. The Kier molecular flexibility index (Phi) is 6.26. The quantitative estimate of drug-likeness (QED) is 0.594. The number of hydrogen-bond acceptors (Lipinski definition) is 3. The number of carbonyl (C=O) groups is 1. The standard InChI is InChI=1S/C15H23NO2/c1-12-8-7-9-13(2)15(12)16-11-6-4-5-10-14(17)18-3/h7-9,16H,4-6,10-11H2,1-3H3. The number of nitrogens with one attached hydrogen (secondary N) is 1. The van der Waals surface area contributed by atoms with Gasteiger partial charge in [0.1, 0.15) is 0 Å². The predicted octanol–water partition coefficient (Wildman–Crippen LogP) is 3.45. The minimum Gasteiger partial charge on any atom is -0.469 e. The van der Waals surface area contributed by atoms with Crippen molar-refractivity contribution in [3.05, 3.63) is 29.3 Å². The Morgan fingerprint density at radius 2 is 1.83 bits per heavy atom. The first kappa shape index (κ1) is 14.6. The normalized spacial score (nSPS) is 10.2. The third-order valence-electron chi connectivity index (χ3n) is 3.07. The van der Waals surface area contributed by atoms with Crippen molar-refractivity contribution in [2.75, 3.05) is 19.0 Å². The summed E-state index contributed by atoms with van der Waals surface area (Å²) in [6, 6.07) is 6.31. The van der Waals surface area contributed by atoms with Crippen molar-refractivity contribution in [3.8, 4) is 0 Å². The largest absolute Gasteiger partial charge is 0.469 e. The van der Waals surface area contributed by atoms with E-state index in [9.17, 15) is 4.79 Å². The molecule has 0 fully saturated rings. The highest BCUT2D eigenvalue weighted by molar-refractivity contribution is 5.68. The number of benzene rings is 1. The van der Waals surface area contributed by atoms with Gasteiger partial charge in [0.15, 0.2) is 0 Å². The van der Waals surface area contributed by atoms with E-state index in [2.05, 4.69) is 42.1 Å². The average molecular weight is 249 g/mol. The van der Waals surface area contributed by atoms with Gasteiger partial charge in [-0.15, -0.1) is 0 Å². The van der Waals surface area contributed by atoms with Crippen molar-refractivity contribution in [1.29, 1.82) is 0 Å². The summed E-state index contributed by atoms with van der Waals surface area (Å²) >= 11 is 0. The van der Waals surface area contributed by atoms with Crippen molar-refractivity contribution in [2.24, 2.45) is 0 Å². The van der Waals surface area contributed by atoms with Crippen LogP contribution in [0.1, 0.15) is 36.8 Å². The fourth-order valence-corrected chi connectivity index (χ4v) is 1.98. The van der Waals surface area contributed by atoms with Crippen LogP contribution in [-0.4, -0.2) is 19.6 Å². The maximum Gasteiger partial charge on any atom is 0.305 e. The summed E-state index contributed by atoms with van der Waals surface area (Å²) in [5.41, 5.74) is 3.81. The van der Waals surface area contributed by atoms with Crippen molar-refractivity contribution in [3.63, 3.8) is 0 Å². The average Bonchev–Trinajstić information content (AvgIpc) is 2.36. The van der Waals surface area contributed by atoms with Gasteiger partial charge in [0.05, 0.1) is 7.11 Å². The zero-order chi connectivity index (χ0) is 13.4. The summed E-state index contributed by atoms with van der Waals surface area (Å²) < 4.78 is 4.60. The molecule has 1 rings (SSSR count). The lowest BCUT2D eigenvalue weighted by Gasteiger charge is -2.12. The van der Waals surface area contributed by atoms with E-state index in [0.717, 1.165) is 25.8 Å². The summed E-state index contributed by atoms with van der Waals surface area (Å²) in [6.45, 7) is 5.19. The van der Waals surface area contributed by atoms with Gasteiger partial charge in [0.25, 0.3) is 0 Å². The molecule has 0 aliphatic rings. The third-order valence-corrected chi connectivity index (χ3v) is 3.07. The fraction of sp³-hybridized carbons (Fsp3) is 0.533.